The highest BCUT2D eigenvalue weighted by molar-refractivity contribution is 5.82. The number of hydrogen-bond acceptors (Lipinski definition) is 3. The van der Waals surface area contributed by atoms with E-state index in [1.54, 1.807) is 0 Å². The van der Waals surface area contributed by atoms with Crippen LogP contribution in [0.5, 0.6) is 0 Å². The SMILES string of the molecule is CC(C)N(C)CCCN1CCCC(NC2CC2)C1=O. The number of carbonyl (C=O) groups excluding carboxylic acids is 1. The first-order valence-electron chi connectivity index (χ1n) is 7.83. The molecule has 0 aromatic rings. The van der Waals surface area contributed by atoms with Crippen molar-refractivity contribution in [1.29, 1.82) is 0 Å². The smallest absolute Gasteiger partial charge is 0.239 e. The second-order valence-electron chi connectivity index (χ2n) is 6.39. The molecule has 0 spiro atoms. The van der Waals surface area contributed by atoms with Gasteiger partial charge in [-0.2, -0.15) is 0 Å². The molecular weight excluding hydrogens is 238 g/mol. The summed E-state index contributed by atoms with van der Waals surface area (Å²) >= 11 is 0. The highest BCUT2D eigenvalue weighted by Crippen LogP contribution is 2.22. The third kappa shape index (κ3) is 4.46. The fourth-order valence-corrected chi connectivity index (χ4v) is 2.62. The minimum atomic E-state index is 0.101. The van der Waals surface area contributed by atoms with Gasteiger partial charge in [0.25, 0.3) is 0 Å². The van der Waals surface area contributed by atoms with Crippen molar-refractivity contribution in [1.82, 2.24) is 15.1 Å². The molecule has 1 atom stereocenters. The molecule has 4 nitrogen and oxygen atoms in total. The number of nitrogens with one attached hydrogen (secondary N) is 1. The van der Waals surface area contributed by atoms with Gasteiger partial charge in [0.05, 0.1) is 6.04 Å². The summed E-state index contributed by atoms with van der Waals surface area (Å²) in [6, 6.07) is 1.31. The van der Waals surface area contributed by atoms with Crippen LogP contribution in [0.4, 0.5) is 0 Å². The van der Waals surface area contributed by atoms with Gasteiger partial charge in [0.1, 0.15) is 0 Å². The van der Waals surface area contributed by atoms with E-state index in [1.165, 1.54) is 12.8 Å². The van der Waals surface area contributed by atoms with Crippen LogP contribution in [0.2, 0.25) is 0 Å². The number of rotatable bonds is 7. The summed E-state index contributed by atoms with van der Waals surface area (Å²) in [6.45, 7) is 7.36. The van der Waals surface area contributed by atoms with E-state index in [-0.39, 0.29) is 6.04 Å². The van der Waals surface area contributed by atoms with Gasteiger partial charge in [-0.25, -0.2) is 0 Å². The maximum absolute atomic E-state index is 12.3. The van der Waals surface area contributed by atoms with Gasteiger partial charge in [0.15, 0.2) is 0 Å². The van der Waals surface area contributed by atoms with Crippen LogP contribution in [0, 0.1) is 0 Å². The molecule has 1 heterocycles. The average molecular weight is 267 g/mol. The molecule has 2 rings (SSSR count). The van der Waals surface area contributed by atoms with Gasteiger partial charge in [-0.3, -0.25) is 4.79 Å². The Kier molecular flexibility index (Phi) is 5.22. The van der Waals surface area contributed by atoms with E-state index < -0.39 is 0 Å². The van der Waals surface area contributed by atoms with Crippen molar-refractivity contribution in [3.63, 3.8) is 0 Å². The summed E-state index contributed by atoms with van der Waals surface area (Å²) in [5.41, 5.74) is 0. The summed E-state index contributed by atoms with van der Waals surface area (Å²) in [5.74, 6) is 0.338. The van der Waals surface area contributed by atoms with E-state index in [2.05, 4.69) is 36.0 Å². The van der Waals surface area contributed by atoms with Crippen molar-refractivity contribution in [3.8, 4) is 0 Å². The zero-order valence-corrected chi connectivity index (χ0v) is 12.7. The standard InChI is InChI=1S/C15H29N3O/c1-12(2)17(3)9-5-11-18-10-4-6-14(15(18)19)16-13-7-8-13/h12-14,16H,4-11H2,1-3H3. The molecule has 0 radical (unpaired) electrons. The Bertz CT molecular complexity index is 302. The lowest BCUT2D eigenvalue weighted by Gasteiger charge is -2.33. The molecule has 19 heavy (non-hydrogen) atoms. The van der Waals surface area contributed by atoms with E-state index >= 15 is 0 Å². The van der Waals surface area contributed by atoms with Crippen molar-refractivity contribution < 1.29 is 4.79 Å². The molecule has 1 amide bonds. The predicted octanol–water partition coefficient (Wildman–Crippen LogP) is 1.46. The maximum atomic E-state index is 12.3. The van der Waals surface area contributed by atoms with Gasteiger partial charge in [-0.1, -0.05) is 0 Å². The average Bonchev–Trinajstić information content (AvgIpc) is 3.17. The minimum absolute atomic E-state index is 0.101. The second-order valence-corrected chi connectivity index (χ2v) is 6.39. The quantitative estimate of drug-likeness (QED) is 0.758. The first kappa shape index (κ1) is 14.8. The highest BCUT2D eigenvalue weighted by atomic mass is 16.2. The fraction of sp³-hybridized carbons (Fsp3) is 0.933. The van der Waals surface area contributed by atoms with Gasteiger partial charge in [-0.15, -0.1) is 0 Å². The number of amides is 1. The van der Waals surface area contributed by atoms with Crippen LogP contribution in [0.1, 0.15) is 46.0 Å². The van der Waals surface area contributed by atoms with Gasteiger partial charge >= 0.3 is 0 Å². The first-order valence-corrected chi connectivity index (χ1v) is 7.83. The normalized spacial score (nSPS) is 24.6. The molecule has 0 aromatic carbocycles. The molecule has 1 aliphatic carbocycles. The lowest BCUT2D eigenvalue weighted by atomic mass is 10.0. The van der Waals surface area contributed by atoms with Crippen LogP contribution in [0.15, 0.2) is 0 Å². The van der Waals surface area contributed by atoms with Crippen molar-refractivity contribution in [2.45, 2.75) is 64.1 Å². The molecule has 0 bridgehead atoms. The monoisotopic (exact) mass is 267 g/mol. The number of piperidine rings is 1. The highest BCUT2D eigenvalue weighted by Gasteiger charge is 2.32. The van der Waals surface area contributed by atoms with E-state index in [9.17, 15) is 4.79 Å². The molecule has 0 aromatic heterocycles. The summed E-state index contributed by atoms with van der Waals surface area (Å²) in [6.07, 6.45) is 5.76. The van der Waals surface area contributed by atoms with Crippen molar-refractivity contribution in [2.75, 3.05) is 26.7 Å². The van der Waals surface area contributed by atoms with Gasteiger partial charge in [-0.05, 0) is 59.5 Å². The zero-order valence-electron chi connectivity index (χ0n) is 12.7. The second kappa shape index (κ2) is 6.71. The van der Waals surface area contributed by atoms with E-state index in [1.807, 2.05) is 0 Å². The molecule has 1 saturated carbocycles. The number of nitrogens with zero attached hydrogens (tertiary/aromatic N) is 2. The van der Waals surface area contributed by atoms with Crippen molar-refractivity contribution in [2.24, 2.45) is 0 Å². The van der Waals surface area contributed by atoms with Crippen LogP contribution >= 0.6 is 0 Å². The molecule has 4 heteroatoms. The van der Waals surface area contributed by atoms with Gasteiger partial charge in [0.2, 0.25) is 5.91 Å². The molecule has 1 aliphatic heterocycles. The first-order chi connectivity index (χ1) is 9.08. The molecular formula is C15H29N3O. The Morgan fingerprint density at radius 2 is 2.11 bits per heavy atom. The lowest BCUT2D eigenvalue weighted by Crippen LogP contribution is -2.51. The summed E-state index contributed by atoms with van der Waals surface area (Å²) in [4.78, 5) is 16.8. The Morgan fingerprint density at radius 1 is 1.37 bits per heavy atom. The Morgan fingerprint density at radius 3 is 2.74 bits per heavy atom. The van der Waals surface area contributed by atoms with Crippen LogP contribution in [-0.4, -0.2) is 60.5 Å². The van der Waals surface area contributed by atoms with Crippen LogP contribution in [0.3, 0.4) is 0 Å². The molecule has 110 valence electrons. The molecule has 1 saturated heterocycles. The van der Waals surface area contributed by atoms with Crippen LogP contribution in [-0.2, 0) is 4.79 Å². The predicted molar refractivity (Wildman–Crippen MR) is 78.1 cm³/mol. The Balaban J connectivity index is 1.71. The number of likely N-dealkylation sites (tertiary alicyclic amines) is 1. The molecule has 1 N–H and O–H groups in total. The topological polar surface area (TPSA) is 35.6 Å². The molecule has 2 aliphatic rings. The Hall–Kier alpha value is -0.610. The van der Waals surface area contributed by atoms with Gasteiger partial charge < -0.3 is 15.1 Å². The van der Waals surface area contributed by atoms with Crippen LogP contribution < -0.4 is 5.32 Å². The Labute approximate surface area is 117 Å². The van der Waals surface area contributed by atoms with E-state index in [4.69, 9.17) is 0 Å². The number of hydrogen-bond donors (Lipinski definition) is 1. The summed E-state index contributed by atoms with van der Waals surface area (Å²) in [7, 11) is 2.15. The zero-order chi connectivity index (χ0) is 13.8. The lowest BCUT2D eigenvalue weighted by molar-refractivity contribution is -0.136. The maximum Gasteiger partial charge on any atom is 0.239 e. The third-order valence-electron chi connectivity index (χ3n) is 4.37. The molecule has 1 unspecified atom stereocenters. The minimum Gasteiger partial charge on any atom is -0.341 e. The van der Waals surface area contributed by atoms with E-state index in [0.717, 1.165) is 38.9 Å². The van der Waals surface area contributed by atoms with Crippen molar-refractivity contribution in [3.05, 3.63) is 0 Å². The summed E-state index contributed by atoms with van der Waals surface area (Å²) in [5, 5.41) is 3.49. The van der Waals surface area contributed by atoms with Gasteiger partial charge in [0, 0.05) is 25.2 Å². The van der Waals surface area contributed by atoms with Crippen LogP contribution in [0.25, 0.3) is 0 Å². The largest absolute Gasteiger partial charge is 0.341 e. The summed E-state index contributed by atoms with van der Waals surface area (Å²) < 4.78 is 0. The third-order valence-corrected chi connectivity index (χ3v) is 4.37. The van der Waals surface area contributed by atoms with Crippen molar-refractivity contribution >= 4 is 5.91 Å². The fourth-order valence-electron chi connectivity index (χ4n) is 2.62. The molecule has 2 fully saturated rings. The van der Waals surface area contributed by atoms with E-state index in [0.29, 0.717) is 18.0 Å². The number of carbonyl (C=O) groups is 1.